The highest BCUT2D eigenvalue weighted by molar-refractivity contribution is 7.09. The van der Waals surface area contributed by atoms with E-state index in [-0.39, 0.29) is 28.3 Å². The average Bonchev–Trinajstić information content (AvgIpc) is 3.66. The molecule has 0 aliphatic carbocycles. The SMILES string of the molecule is Cc1ccc(N(C(=O)c2snc(C(N)=O)c2N)C(C(=O)NCC2CCCO2)c2c[nH]c3ccccc23)c(C)c1. The summed E-state index contributed by atoms with van der Waals surface area (Å²) in [6.45, 7) is 4.81. The van der Waals surface area contributed by atoms with Crippen LogP contribution in [-0.2, 0) is 9.53 Å². The molecule has 3 amide bonds. The number of nitrogens with one attached hydrogen (secondary N) is 2. The Kier molecular flexibility index (Phi) is 7.36. The molecular formula is C28H30N6O4S. The number of hydrogen-bond acceptors (Lipinski definition) is 7. The maximum Gasteiger partial charge on any atom is 0.273 e. The molecule has 5 rings (SSSR count). The van der Waals surface area contributed by atoms with Crippen LogP contribution in [0.15, 0.2) is 48.7 Å². The van der Waals surface area contributed by atoms with Gasteiger partial charge in [-0.15, -0.1) is 0 Å². The first kappa shape index (κ1) is 26.4. The third kappa shape index (κ3) is 5.10. The zero-order chi connectivity index (χ0) is 27.7. The van der Waals surface area contributed by atoms with Crippen molar-refractivity contribution in [3.05, 3.63) is 75.9 Å². The van der Waals surface area contributed by atoms with Crippen molar-refractivity contribution in [1.82, 2.24) is 14.7 Å². The molecule has 0 radical (unpaired) electrons. The van der Waals surface area contributed by atoms with E-state index in [1.165, 1.54) is 4.90 Å². The van der Waals surface area contributed by atoms with Crippen LogP contribution in [-0.4, -0.2) is 46.3 Å². The number of aromatic amines is 1. The number of primary amides is 1. The monoisotopic (exact) mass is 546 g/mol. The Balaban J connectivity index is 1.67. The van der Waals surface area contributed by atoms with Crippen LogP contribution in [0.4, 0.5) is 11.4 Å². The minimum absolute atomic E-state index is 0.0283. The Morgan fingerprint density at radius 1 is 1.23 bits per heavy atom. The summed E-state index contributed by atoms with van der Waals surface area (Å²) < 4.78 is 9.74. The van der Waals surface area contributed by atoms with Crippen molar-refractivity contribution in [2.75, 3.05) is 23.8 Å². The second-order valence-corrected chi connectivity index (χ2v) is 10.4. The summed E-state index contributed by atoms with van der Waals surface area (Å²) in [7, 11) is 0. The van der Waals surface area contributed by atoms with Crippen LogP contribution in [0.25, 0.3) is 10.9 Å². The smallest absolute Gasteiger partial charge is 0.273 e. The number of rotatable bonds is 8. The highest BCUT2D eigenvalue weighted by atomic mass is 32.1. The maximum atomic E-state index is 14.3. The van der Waals surface area contributed by atoms with Crippen molar-refractivity contribution < 1.29 is 19.1 Å². The first-order chi connectivity index (χ1) is 18.8. The predicted octanol–water partition coefficient (Wildman–Crippen LogP) is 3.61. The van der Waals surface area contributed by atoms with Gasteiger partial charge in [-0.05, 0) is 55.9 Å². The number of nitrogens with two attached hydrogens (primary N) is 2. The van der Waals surface area contributed by atoms with E-state index in [1.54, 1.807) is 6.20 Å². The van der Waals surface area contributed by atoms with Crippen LogP contribution in [0.1, 0.15) is 55.7 Å². The molecule has 1 saturated heterocycles. The fraction of sp³-hybridized carbons (Fsp3) is 0.286. The zero-order valence-corrected chi connectivity index (χ0v) is 22.5. The first-order valence-electron chi connectivity index (χ1n) is 12.7. The highest BCUT2D eigenvalue weighted by Crippen LogP contribution is 2.37. The Morgan fingerprint density at radius 3 is 2.72 bits per heavy atom. The normalized spacial score (nSPS) is 15.8. The molecule has 10 nitrogen and oxygen atoms in total. The Bertz CT molecular complexity index is 1550. The fourth-order valence-corrected chi connectivity index (χ4v) is 5.76. The van der Waals surface area contributed by atoms with E-state index in [2.05, 4.69) is 14.7 Å². The molecule has 11 heteroatoms. The second-order valence-electron chi connectivity index (χ2n) is 9.68. The van der Waals surface area contributed by atoms with E-state index < -0.39 is 17.9 Å². The van der Waals surface area contributed by atoms with E-state index in [0.29, 0.717) is 24.4 Å². The van der Waals surface area contributed by atoms with Crippen LogP contribution in [0.5, 0.6) is 0 Å². The van der Waals surface area contributed by atoms with Gasteiger partial charge < -0.3 is 26.5 Å². The Hall–Kier alpha value is -4.22. The minimum Gasteiger partial charge on any atom is -0.395 e. The first-order valence-corrected chi connectivity index (χ1v) is 13.4. The summed E-state index contributed by atoms with van der Waals surface area (Å²) in [4.78, 5) is 44.9. The third-order valence-electron chi connectivity index (χ3n) is 6.94. The predicted molar refractivity (Wildman–Crippen MR) is 151 cm³/mol. The number of carbonyl (C=O) groups is 3. The molecule has 1 fully saturated rings. The van der Waals surface area contributed by atoms with Crippen molar-refractivity contribution in [3.63, 3.8) is 0 Å². The van der Waals surface area contributed by atoms with Gasteiger partial charge in [-0.2, -0.15) is 4.37 Å². The molecule has 2 aromatic heterocycles. The molecule has 39 heavy (non-hydrogen) atoms. The molecule has 2 unspecified atom stereocenters. The van der Waals surface area contributed by atoms with E-state index >= 15 is 0 Å². The summed E-state index contributed by atoms with van der Waals surface area (Å²) in [5.41, 5.74) is 15.1. The summed E-state index contributed by atoms with van der Waals surface area (Å²) in [6.07, 6.45) is 3.45. The summed E-state index contributed by atoms with van der Waals surface area (Å²) in [5.74, 6) is -1.77. The van der Waals surface area contributed by atoms with Gasteiger partial charge in [-0.3, -0.25) is 19.3 Å². The molecule has 6 N–H and O–H groups in total. The quantitative estimate of drug-likeness (QED) is 0.264. The molecule has 0 saturated carbocycles. The maximum absolute atomic E-state index is 14.3. The number of amides is 3. The molecule has 2 aromatic carbocycles. The number of para-hydroxylation sites is 1. The van der Waals surface area contributed by atoms with Crippen molar-refractivity contribution in [3.8, 4) is 0 Å². The number of fused-ring (bicyclic) bond motifs is 1. The van der Waals surface area contributed by atoms with Crippen LogP contribution in [0.2, 0.25) is 0 Å². The lowest BCUT2D eigenvalue weighted by molar-refractivity contribution is -0.123. The molecule has 4 aromatic rings. The fourth-order valence-electron chi connectivity index (χ4n) is 5.01. The molecule has 1 aliphatic heterocycles. The van der Waals surface area contributed by atoms with E-state index in [0.717, 1.165) is 46.4 Å². The zero-order valence-electron chi connectivity index (χ0n) is 21.7. The van der Waals surface area contributed by atoms with Crippen LogP contribution < -0.4 is 21.7 Å². The number of carbonyl (C=O) groups excluding carboxylic acids is 3. The molecule has 3 heterocycles. The minimum atomic E-state index is -1.07. The van der Waals surface area contributed by atoms with Crippen molar-refractivity contribution in [2.24, 2.45) is 5.73 Å². The van der Waals surface area contributed by atoms with Gasteiger partial charge >= 0.3 is 0 Å². The van der Waals surface area contributed by atoms with Crippen LogP contribution in [0.3, 0.4) is 0 Å². The molecule has 0 spiro atoms. The number of benzene rings is 2. The number of H-pyrrole nitrogens is 1. The topological polar surface area (TPSA) is 156 Å². The van der Waals surface area contributed by atoms with E-state index in [9.17, 15) is 14.4 Å². The van der Waals surface area contributed by atoms with Crippen LogP contribution in [0, 0.1) is 13.8 Å². The summed E-state index contributed by atoms with van der Waals surface area (Å²) in [6, 6.07) is 12.1. The number of anilines is 2. The highest BCUT2D eigenvalue weighted by Gasteiger charge is 2.38. The molecule has 2 atom stereocenters. The lowest BCUT2D eigenvalue weighted by Gasteiger charge is -2.32. The van der Waals surface area contributed by atoms with E-state index in [1.807, 2.05) is 56.3 Å². The van der Waals surface area contributed by atoms with E-state index in [4.69, 9.17) is 16.2 Å². The number of aryl methyl sites for hydroxylation is 2. The van der Waals surface area contributed by atoms with Gasteiger partial charge in [0.15, 0.2) is 5.69 Å². The largest absolute Gasteiger partial charge is 0.395 e. The number of hydrogen-bond donors (Lipinski definition) is 4. The van der Waals surface area contributed by atoms with Crippen molar-refractivity contribution in [1.29, 1.82) is 0 Å². The number of nitrogen functional groups attached to an aromatic ring is 1. The standard InChI is InChI=1S/C28H30N6O4S/c1-15-9-10-21(16(2)12-15)34(28(37)25-22(29)23(26(30)35)33-39-25)24(27(36)32-13-17-6-5-11-38-17)19-14-31-20-8-4-3-7-18(19)20/h3-4,7-10,12,14,17,24,31H,5-6,11,13,29H2,1-2H3,(H2,30,35)(H,32,36). The van der Waals surface area contributed by atoms with Gasteiger partial charge in [0, 0.05) is 41.5 Å². The lowest BCUT2D eigenvalue weighted by Crippen LogP contribution is -2.45. The number of aromatic nitrogens is 2. The van der Waals surface area contributed by atoms with Gasteiger partial charge in [-0.1, -0.05) is 35.9 Å². The number of nitrogens with zero attached hydrogens (tertiary/aromatic N) is 2. The Labute approximate surface area is 229 Å². The molecular weight excluding hydrogens is 516 g/mol. The van der Waals surface area contributed by atoms with Crippen LogP contribution >= 0.6 is 11.5 Å². The van der Waals surface area contributed by atoms with Gasteiger partial charge in [-0.25, -0.2) is 0 Å². The van der Waals surface area contributed by atoms with Gasteiger partial charge in [0.25, 0.3) is 11.8 Å². The lowest BCUT2D eigenvalue weighted by atomic mass is 10.00. The molecule has 0 bridgehead atoms. The molecule has 1 aliphatic rings. The third-order valence-corrected chi connectivity index (χ3v) is 7.79. The number of ether oxygens (including phenoxy) is 1. The molecule has 202 valence electrons. The van der Waals surface area contributed by atoms with Gasteiger partial charge in [0.1, 0.15) is 10.9 Å². The van der Waals surface area contributed by atoms with Crippen molar-refractivity contribution >= 4 is 51.5 Å². The average molecular weight is 547 g/mol. The second kappa shape index (κ2) is 10.9. The summed E-state index contributed by atoms with van der Waals surface area (Å²) in [5, 5.41) is 3.81. The van der Waals surface area contributed by atoms with Gasteiger partial charge in [0.2, 0.25) is 5.91 Å². The van der Waals surface area contributed by atoms with Gasteiger partial charge in [0.05, 0.1) is 11.8 Å². The van der Waals surface area contributed by atoms with Crippen molar-refractivity contribution in [2.45, 2.75) is 38.8 Å². The summed E-state index contributed by atoms with van der Waals surface area (Å²) >= 11 is 0.782. The Morgan fingerprint density at radius 2 is 2.03 bits per heavy atom.